The number of carbonyl (C=O) groups is 2. The van der Waals surface area contributed by atoms with Gasteiger partial charge < -0.3 is 20.3 Å². The molecule has 2 heterocycles. The van der Waals surface area contributed by atoms with Gasteiger partial charge >= 0.3 is 6.03 Å². The first kappa shape index (κ1) is 21.8. The highest BCUT2D eigenvalue weighted by Crippen LogP contribution is 2.31. The molecule has 1 aliphatic heterocycles. The number of methoxy groups -OCH3 is 1. The molecule has 1 fully saturated rings. The van der Waals surface area contributed by atoms with Gasteiger partial charge in [0.1, 0.15) is 10.8 Å². The topological polar surface area (TPSA) is 96.4 Å². The normalized spacial score (nSPS) is 14.1. The molecule has 0 radical (unpaired) electrons. The van der Waals surface area contributed by atoms with Crippen molar-refractivity contribution in [1.82, 2.24) is 15.1 Å². The zero-order chi connectivity index (χ0) is 22.5. The van der Waals surface area contributed by atoms with Crippen LogP contribution in [0.25, 0.3) is 0 Å². The smallest absolute Gasteiger partial charge is 0.321 e. The van der Waals surface area contributed by atoms with Crippen molar-refractivity contribution in [2.24, 2.45) is 0 Å². The van der Waals surface area contributed by atoms with Crippen molar-refractivity contribution in [3.05, 3.63) is 64.1 Å². The number of aromatic nitrogens is 2. The van der Waals surface area contributed by atoms with E-state index in [0.29, 0.717) is 29.5 Å². The first-order valence-electron chi connectivity index (χ1n) is 10.4. The van der Waals surface area contributed by atoms with Gasteiger partial charge in [0.15, 0.2) is 0 Å². The van der Waals surface area contributed by atoms with Crippen LogP contribution in [0.15, 0.2) is 48.5 Å². The number of ether oxygens (including phenoxy) is 1. The first-order valence-corrected chi connectivity index (χ1v) is 11.3. The second-order valence-electron chi connectivity index (χ2n) is 7.66. The van der Waals surface area contributed by atoms with Crippen LogP contribution in [0.2, 0.25) is 0 Å². The summed E-state index contributed by atoms with van der Waals surface area (Å²) in [5.41, 5.74) is 2.51. The molecule has 0 unspecified atom stereocenters. The molecule has 1 aliphatic rings. The number of para-hydroxylation sites is 2. The molecule has 0 aliphatic carbocycles. The Morgan fingerprint density at radius 3 is 2.47 bits per heavy atom. The van der Waals surface area contributed by atoms with Crippen LogP contribution in [-0.4, -0.2) is 47.2 Å². The van der Waals surface area contributed by atoms with E-state index in [9.17, 15) is 9.59 Å². The number of nitrogens with zero attached hydrogens (tertiary/aromatic N) is 3. The fourth-order valence-electron chi connectivity index (χ4n) is 3.58. The van der Waals surface area contributed by atoms with Gasteiger partial charge in [-0.15, -0.1) is 10.2 Å². The van der Waals surface area contributed by atoms with Crippen LogP contribution in [-0.2, 0) is 0 Å². The number of anilines is 2. The molecule has 2 N–H and O–H groups in total. The second-order valence-corrected chi connectivity index (χ2v) is 8.67. The summed E-state index contributed by atoms with van der Waals surface area (Å²) in [7, 11) is 1.58. The SMILES string of the molecule is COc1ccccc1NC(=O)N1CCC(c2nnc(C(=O)Nc3ccc(C)cc3)s2)CC1. The Hall–Kier alpha value is -3.46. The van der Waals surface area contributed by atoms with Crippen LogP contribution in [0.1, 0.15) is 39.1 Å². The summed E-state index contributed by atoms with van der Waals surface area (Å²) >= 11 is 1.32. The fourth-order valence-corrected chi connectivity index (χ4v) is 4.49. The third-order valence-corrected chi connectivity index (χ3v) is 6.51. The predicted octanol–water partition coefficient (Wildman–Crippen LogP) is 4.52. The van der Waals surface area contributed by atoms with Gasteiger partial charge in [0.05, 0.1) is 12.8 Å². The molecule has 1 aromatic heterocycles. The number of piperidine rings is 1. The van der Waals surface area contributed by atoms with Gasteiger partial charge in [-0.1, -0.05) is 41.2 Å². The second kappa shape index (κ2) is 9.78. The summed E-state index contributed by atoms with van der Waals surface area (Å²) in [5, 5.41) is 15.3. The third kappa shape index (κ3) is 5.05. The molecule has 9 heteroatoms. The summed E-state index contributed by atoms with van der Waals surface area (Å²) in [6.45, 7) is 3.21. The van der Waals surface area contributed by atoms with Gasteiger partial charge in [0.2, 0.25) is 5.01 Å². The Balaban J connectivity index is 1.31. The van der Waals surface area contributed by atoms with E-state index >= 15 is 0 Å². The third-order valence-electron chi connectivity index (χ3n) is 5.42. The van der Waals surface area contributed by atoms with Crippen LogP contribution in [0, 0.1) is 6.92 Å². The van der Waals surface area contributed by atoms with Crippen LogP contribution in [0.5, 0.6) is 5.75 Å². The van der Waals surface area contributed by atoms with E-state index < -0.39 is 0 Å². The van der Waals surface area contributed by atoms with E-state index in [1.54, 1.807) is 12.0 Å². The standard InChI is InChI=1S/C23H25N5O3S/c1-15-7-9-17(10-8-15)24-20(29)22-27-26-21(32-22)16-11-13-28(14-12-16)23(30)25-18-5-3-4-6-19(18)31-2/h3-10,16H,11-14H2,1-2H3,(H,24,29)(H,25,30). The summed E-state index contributed by atoms with van der Waals surface area (Å²) in [4.78, 5) is 26.9. The van der Waals surface area contributed by atoms with E-state index in [1.165, 1.54) is 11.3 Å². The van der Waals surface area contributed by atoms with Crippen LogP contribution in [0.3, 0.4) is 0 Å². The lowest BCUT2D eigenvalue weighted by atomic mass is 9.98. The number of likely N-dealkylation sites (tertiary alicyclic amines) is 1. The number of urea groups is 1. The Morgan fingerprint density at radius 2 is 1.75 bits per heavy atom. The molecular weight excluding hydrogens is 426 g/mol. The van der Waals surface area contributed by atoms with Gasteiger partial charge in [0, 0.05) is 24.7 Å². The molecule has 3 amide bonds. The Morgan fingerprint density at radius 1 is 1.03 bits per heavy atom. The number of carbonyl (C=O) groups excluding carboxylic acids is 2. The maximum atomic E-state index is 12.6. The fraction of sp³-hybridized carbons (Fsp3) is 0.304. The Kier molecular flexibility index (Phi) is 6.65. The molecule has 1 saturated heterocycles. The molecule has 3 aromatic rings. The molecule has 0 bridgehead atoms. The maximum absolute atomic E-state index is 12.6. The number of hydrogen-bond acceptors (Lipinski definition) is 6. The average molecular weight is 452 g/mol. The number of amides is 3. The van der Waals surface area contributed by atoms with Gasteiger partial charge in [-0.3, -0.25) is 4.79 Å². The highest BCUT2D eigenvalue weighted by atomic mass is 32.1. The highest BCUT2D eigenvalue weighted by Gasteiger charge is 2.27. The maximum Gasteiger partial charge on any atom is 0.321 e. The first-order chi connectivity index (χ1) is 15.5. The minimum Gasteiger partial charge on any atom is -0.495 e. The lowest BCUT2D eigenvalue weighted by molar-refractivity contribution is 0.102. The van der Waals surface area contributed by atoms with Crippen LogP contribution in [0.4, 0.5) is 16.2 Å². The lowest BCUT2D eigenvalue weighted by Crippen LogP contribution is -2.40. The lowest BCUT2D eigenvalue weighted by Gasteiger charge is -2.31. The zero-order valence-corrected chi connectivity index (χ0v) is 18.8. The Labute approximate surface area is 190 Å². The number of aryl methyl sites for hydroxylation is 1. The molecule has 32 heavy (non-hydrogen) atoms. The summed E-state index contributed by atoms with van der Waals surface area (Å²) in [6.07, 6.45) is 1.54. The molecule has 166 valence electrons. The van der Waals surface area contributed by atoms with Crippen molar-refractivity contribution in [2.45, 2.75) is 25.7 Å². The highest BCUT2D eigenvalue weighted by molar-refractivity contribution is 7.13. The van der Waals surface area contributed by atoms with Crippen LogP contribution >= 0.6 is 11.3 Å². The summed E-state index contributed by atoms with van der Waals surface area (Å²) in [5.74, 6) is 0.552. The van der Waals surface area contributed by atoms with Gasteiger partial charge in [-0.05, 0) is 44.0 Å². The summed E-state index contributed by atoms with van der Waals surface area (Å²) in [6, 6.07) is 14.8. The minimum atomic E-state index is -0.258. The molecule has 2 aromatic carbocycles. The van der Waals surface area contributed by atoms with Crippen molar-refractivity contribution in [3.8, 4) is 5.75 Å². The molecule has 0 spiro atoms. The largest absolute Gasteiger partial charge is 0.495 e. The monoisotopic (exact) mass is 451 g/mol. The van der Waals surface area contributed by atoms with Gasteiger partial charge in [0.25, 0.3) is 5.91 Å². The van der Waals surface area contributed by atoms with Crippen LogP contribution < -0.4 is 15.4 Å². The average Bonchev–Trinajstić information content (AvgIpc) is 3.31. The Bertz CT molecular complexity index is 1090. The molecule has 4 rings (SSSR count). The molecule has 8 nitrogen and oxygen atoms in total. The number of nitrogens with one attached hydrogen (secondary N) is 2. The van der Waals surface area contributed by atoms with Crippen molar-refractivity contribution in [2.75, 3.05) is 30.8 Å². The van der Waals surface area contributed by atoms with Gasteiger partial charge in [-0.2, -0.15) is 0 Å². The molecule has 0 saturated carbocycles. The van der Waals surface area contributed by atoms with E-state index in [1.807, 2.05) is 55.5 Å². The summed E-state index contributed by atoms with van der Waals surface area (Å²) < 4.78 is 5.29. The van der Waals surface area contributed by atoms with E-state index in [0.717, 1.165) is 29.1 Å². The van der Waals surface area contributed by atoms with Gasteiger partial charge in [-0.25, -0.2) is 4.79 Å². The number of hydrogen-bond donors (Lipinski definition) is 2. The minimum absolute atomic E-state index is 0.150. The van der Waals surface area contributed by atoms with Crippen molar-refractivity contribution >= 4 is 34.6 Å². The van der Waals surface area contributed by atoms with E-state index in [-0.39, 0.29) is 17.9 Å². The van der Waals surface area contributed by atoms with E-state index in [2.05, 4.69) is 20.8 Å². The number of rotatable bonds is 5. The quantitative estimate of drug-likeness (QED) is 0.595. The van der Waals surface area contributed by atoms with Crippen molar-refractivity contribution in [1.29, 1.82) is 0 Å². The molecule has 0 atom stereocenters. The van der Waals surface area contributed by atoms with Crippen molar-refractivity contribution < 1.29 is 14.3 Å². The van der Waals surface area contributed by atoms with E-state index in [4.69, 9.17) is 4.74 Å². The van der Waals surface area contributed by atoms with Crippen molar-refractivity contribution in [3.63, 3.8) is 0 Å². The number of benzene rings is 2. The predicted molar refractivity (Wildman–Crippen MR) is 125 cm³/mol. The molecular formula is C23H25N5O3S. The zero-order valence-electron chi connectivity index (χ0n) is 18.0.